The van der Waals surface area contributed by atoms with Gasteiger partial charge in [0.25, 0.3) is 5.91 Å². The third-order valence-corrected chi connectivity index (χ3v) is 5.94. The number of hydrogen-bond donors (Lipinski definition) is 0. The minimum Gasteiger partial charge on any atom is -0.339 e. The summed E-state index contributed by atoms with van der Waals surface area (Å²) in [5.74, 6) is 0.660. The van der Waals surface area contributed by atoms with Crippen LogP contribution in [0.4, 0.5) is 0 Å². The van der Waals surface area contributed by atoms with Gasteiger partial charge in [0.15, 0.2) is 0 Å². The number of nitrogens with zero attached hydrogens (tertiary/aromatic N) is 5. The van der Waals surface area contributed by atoms with Crippen molar-refractivity contribution in [3.8, 4) is 0 Å². The van der Waals surface area contributed by atoms with Gasteiger partial charge in [0.1, 0.15) is 11.0 Å². The lowest BCUT2D eigenvalue weighted by molar-refractivity contribution is 0.0683. The molecule has 3 heterocycles. The van der Waals surface area contributed by atoms with Crippen molar-refractivity contribution in [3.63, 3.8) is 0 Å². The largest absolute Gasteiger partial charge is 0.339 e. The number of aromatic nitrogens is 4. The Morgan fingerprint density at radius 1 is 1.04 bits per heavy atom. The first-order valence-corrected chi connectivity index (χ1v) is 9.92. The summed E-state index contributed by atoms with van der Waals surface area (Å²) in [6.45, 7) is 2.55. The maximum atomic E-state index is 12.8. The SMILES string of the molecule is O=C(c1ccc2nsnc2c1)N1CCC(Cn2cnc3ccccc32)CC1. The number of para-hydroxylation sites is 2. The lowest BCUT2D eigenvalue weighted by atomic mass is 9.96. The Morgan fingerprint density at radius 2 is 1.85 bits per heavy atom. The Kier molecular flexibility index (Phi) is 4.09. The molecule has 0 bridgehead atoms. The zero-order valence-electron chi connectivity index (χ0n) is 14.8. The van der Waals surface area contributed by atoms with Crippen LogP contribution in [0.2, 0.25) is 0 Å². The summed E-state index contributed by atoms with van der Waals surface area (Å²) in [6, 6.07) is 13.8. The first-order valence-electron chi connectivity index (χ1n) is 9.19. The molecule has 1 amide bonds. The second-order valence-electron chi connectivity index (χ2n) is 7.09. The van der Waals surface area contributed by atoms with E-state index in [-0.39, 0.29) is 5.91 Å². The van der Waals surface area contributed by atoms with Crippen molar-refractivity contribution in [2.45, 2.75) is 19.4 Å². The smallest absolute Gasteiger partial charge is 0.253 e. The van der Waals surface area contributed by atoms with Crippen molar-refractivity contribution in [1.29, 1.82) is 0 Å². The quantitative estimate of drug-likeness (QED) is 0.547. The minimum absolute atomic E-state index is 0.0939. The van der Waals surface area contributed by atoms with Gasteiger partial charge >= 0.3 is 0 Å². The predicted molar refractivity (Wildman–Crippen MR) is 106 cm³/mol. The number of carbonyl (C=O) groups is 1. The molecule has 0 aliphatic carbocycles. The highest BCUT2D eigenvalue weighted by atomic mass is 32.1. The molecule has 4 aromatic rings. The molecule has 6 nitrogen and oxygen atoms in total. The first kappa shape index (κ1) is 16.4. The van der Waals surface area contributed by atoms with Crippen LogP contribution in [-0.4, -0.2) is 42.2 Å². The summed E-state index contributed by atoms with van der Waals surface area (Å²) in [6.07, 6.45) is 3.96. The normalized spacial score (nSPS) is 15.6. The summed E-state index contributed by atoms with van der Waals surface area (Å²) in [5.41, 5.74) is 4.57. The van der Waals surface area contributed by atoms with Crippen LogP contribution in [0.1, 0.15) is 23.2 Å². The first-order chi connectivity index (χ1) is 13.3. The van der Waals surface area contributed by atoms with Crippen LogP contribution in [0.25, 0.3) is 22.1 Å². The molecule has 2 aromatic carbocycles. The number of carbonyl (C=O) groups excluding carboxylic acids is 1. The van der Waals surface area contributed by atoms with Crippen molar-refractivity contribution in [2.75, 3.05) is 13.1 Å². The number of likely N-dealkylation sites (tertiary alicyclic amines) is 1. The van der Waals surface area contributed by atoms with E-state index in [2.05, 4.69) is 30.4 Å². The van der Waals surface area contributed by atoms with E-state index in [0.29, 0.717) is 11.5 Å². The van der Waals surface area contributed by atoms with Crippen LogP contribution in [0, 0.1) is 5.92 Å². The van der Waals surface area contributed by atoms with Crippen molar-refractivity contribution in [2.24, 2.45) is 5.92 Å². The molecule has 2 aromatic heterocycles. The molecule has 1 fully saturated rings. The van der Waals surface area contributed by atoms with Crippen LogP contribution in [0.15, 0.2) is 48.8 Å². The third-order valence-electron chi connectivity index (χ3n) is 5.38. The molecular formula is C20H19N5OS. The molecule has 0 atom stereocenters. The van der Waals surface area contributed by atoms with Crippen LogP contribution >= 0.6 is 11.7 Å². The number of imidazole rings is 1. The van der Waals surface area contributed by atoms with E-state index in [1.165, 1.54) is 17.2 Å². The molecule has 0 radical (unpaired) electrons. The van der Waals surface area contributed by atoms with E-state index in [0.717, 1.165) is 49.0 Å². The average Bonchev–Trinajstić information content (AvgIpc) is 3.35. The van der Waals surface area contributed by atoms with Gasteiger partial charge in [-0.3, -0.25) is 4.79 Å². The van der Waals surface area contributed by atoms with E-state index >= 15 is 0 Å². The zero-order valence-corrected chi connectivity index (χ0v) is 15.6. The van der Waals surface area contributed by atoms with Crippen LogP contribution in [0.3, 0.4) is 0 Å². The van der Waals surface area contributed by atoms with E-state index in [1.807, 2.05) is 41.6 Å². The van der Waals surface area contributed by atoms with Crippen molar-refractivity contribution in [3.05, 3.63) is 54.4 Å². The molecule has 136 valence electrons. The molecule has 0 spiro atoms. The summed E-state index contributed by atoms with van der Waals surface area (Å²) >= 11 is 1.18. The predicted octanol–water partition coefficient (Wildman–Crippen LogP) is 3.59. The Balaban J connectivity index is 1.25. The average molecular weight is 377 g/mol. The Morgan fingerprint density at radius 3 is 2.74 bits per heavy atom. The number of benzene rings is 2. The monoisotopic (exact) mass is 377 g/mol. The van der Waals surface area contributed by atoms with E-state index in [1.54, 1.807) is 0 Å². The van der Waals surface area contributed by atoms with Gasteiger partial charge in [-0.25, -0.2) is 4.98 Å². The lowest BCUT2D eigenvalue weighted by Gasteiger charge is -2.32. The Hall–Kier alpha value is -2.80. The van der Waals surface area contributed by atoms with Crippen LogP contribution in [-0.2, 0) is 6.54 Å². The number of fused-ring (bicyclic) bond motifs is 2. The molecule has 7 heteroatoms. The molecule has 0 saturated carbocycles. The second kappa shape index (κ2) is 6.74. The van der Waals surface area contributed by atoms with Crippen molar-refractivity contribution >= 4 is 39.7 Å². The van der Waals surface area contributed by atoms with Gasteiger partial charge in [-0.15, -0.1) is 0 Å². The van der Waals surface area contributed by atoms with E-state index < -0.39 is 0 Å². The van der Waals surface area contributed by atoms with Gasteiger partial charge in [0.05, 0.1) is 29.1 Å². The molecule has 0 N–H and O–H groups in total. The fourth-order valence-electron chi connectivity index (χ4n) is 3.85. The lowest BCUT2D eigenvalue weighted by Crippen LogP contribution is -2.39. The maximum absolute atomic E-state index is 12.8. The van der Waals surface area contributed by atoms with Gasteiger partial charge in [-0.2, -0.15) is 8.75 Å². The highest BCUT2D eigenvalue weighted by molar-refractivity contribution is 7.00. The maximum Gasteiger partial charge on any atom is 0.253 e. The Labute approximate surface area is 160 Å². The second-order valence-corrected chi connectivity index (χ2v) is 7.62. The fraction of sp³-hybridized carbons (Fsp3) is 0.300. The summed E-state index contributed by atoms with van der Waals surface area (Å²) < 4.78 is 10.7. The van der Waals surface area contributed by atoms with Crippen LogP contribution in [0.5, 0.6) is 0 Å². The summed E-state index contributed by atoms with van der Waals surface area (Å²) in [4.78, 5) is 19.3. The molecule has 5 rings (SSSR count). The van der Waals surface area contributed by atoms with E-state index in [4.69, 9.17) is 0 Å². The van der Waals surface area contributed by atoms with Gasteiger partial charge in [-0.1, -0.05) is 12.1 Å². The molecule has 27 heavy (non-hydrogen) atoms. The molecular weight excluding hydrogens is 358 g/mol. The number of piperidine rings is 1. The summed E-state index contributed by atoms with van der Waals surface area (Å²) in [5, 5.41) is 0. The minimum atomic E-state index is 0.0939. The third kappa shape index (κ3) is 3.08. The summed E-state index contributed by atoms with van der Waals surface area (Å²) in [7, 11) is 0. The van der Waals surface area contributed by atoms with Crippen molar-refractivity contribution < 1.29 is 4.79 Å². The highest BCUT2D eigenvalue weighted by Crippen LogP contribution is 2.23. The van der Waals surface area contributed by atoms with Gasteiger partial charge < -0.3 is 9.47 Å². The highest BCUT2D eigenvalue weighted by Gasteiger charge is 2.24. The van der Waals surface area contributed by atoms with Crippen LogP contribution < -0.4 is 0 Å². The fourth-order valence-corrected chi connectivity index (χ4v) is 4.37. The molecule has 1 saturated heterocycles. The molecule has 1 aliphatic heterocycles. The Bertz CT molecular complexity index is 1110. The van der Waals surface area contributed by atoms with E-state index in [9.17, 15) is 4.79 Å². The van der Waals surface area contributed by atoms with Crippen molar-refractivity contribution in [1.82, 2.24) is 23.2 Å². The van der Waals surface area contributed by atoms with Gasteiger partial charge in [-0.05, 0) is 49.1 Å². The topological polar surface area (TPSA) is 63.9 Å². The standard InChI is InChI=1S/C20H19N5OS/c26-20(15-5-6-16-18(11-15)23-27-22-16)24-9-7-14(8-10-24)12-25-13-21-17-3-1-2-4-19(17)25/h1-6,11,13-14H,7-10,12H2. The number of amides is 1. The van der Waals surface area contributed by atoms with Gasteiger partial charge in [0.2, 0.25) is 0 Å². The van der Waals surface area contributed by atoms with Gasteiger partial charge in [0, 0.05) is 25.2 Å². The number of rotatable bonds is 3. The molecule has 1 aliphatic rings. The zero-order chi connectivity index (χ0) is 18.2. The molecule has 0 unspecified atom stereocenters. The number of hydrogen-bond acceptors (Lipinski definition) is 5.